The van der Waals surface area contributed by atoms with Crippen LogP contribution in [0.25, 0.3) is 0 Å². The van der Waals surface area contributed by atoms with Crippen molar-refractivity contribution in [2.24, 2.45) is 0 Å². The monoisotopic (exact) mass is 385 g/mol. The lowest BCUT2D eigenvalue weighted by Gasteiger charge is -2.47. The summed E-state index contributed by atoms with van der Waals surface area (Å²) in [6, 6.07) is 13.6. The van der Waals surface area contributed by atoms with Crippen molar-refractivity contribution in [2.75, 3.05) is 26.8 Å². The number of rotatable bonds is 2. The molecule has 3 heterocycles. The van der Waals surface area contributed by atoms with Gasteiger partial charge in [0.1, 0.15) is 5.69 Å². The largest absolute Gasteiger partial charge is 0.385 e. The summed E-state index contributed by atoms with van der Waals surface area (Å²) in [6.07, 6.45) is 1.91. The van der Waals surface area contributed by atoms with E-state index in [1.807, 2.05) is 83.8 Å². The van der Waals surface area contributed by atoms with Crippen LogP contribution in [-0.4, -0.2) is 53.0 Å². The Bertz CT molecular complexity index is 785. The minimum atomic E-state index is -0.712. The molecule has 0 spiro atoms. The Morgan fingerprint density at radius 2 is 1.75 bits per heavy atom. The second-order valence-corrected chi connectivity index (χ2v) is 6.41. The lowest BCUT2D eigenvalue weighted by molar-refractivity contribution is -0.138. The normalized spacial score (nSPS) is 19.7. The van der Waals surface area contributed by atoms with E-state index in [0.29, 0.717) is 25.3 Å². The van der Waals surface area contributed by atoms with Crippen LogP contribution in [-0.2, 0) is 21.7 Å². The molecule has 4 rings (SSSR count). The highest BCUT2D eigenvalue weighted by molar-refractivity contribution is 5.95. The number of aromatic nitrogens is 1. The van der Waals surface area contributed by atoms with Gasteiger partial charge < -0.3 is 19.1 Å². The number of hydrogen-bond acceptors (Lipinski definition) is 3. The molecule has 6 nitrogen and oxygen atoms in total. The molecule has 1 saturated heterocycles. The van der Waals surface area contributed by atoms with E-state index >= 15 is 0 Å². The molecule has 0 radical (unpaired) electrons. The molecule has 1 aromatic heterocycles. The standard InChI is InChI=1S/C17H17N3O2.C3H8O.C2H6/c1-13(21)19-10-11-20-16(22)15-8-5-9-18(15)12-17(19,20)14-6-3-2-4-7-14;1-3-4-2;1-2/h2-9H,10-12H2,1H3;3H2,1-2H3;1-2H3. The Morgan fingerprint density at radius 1 is 1.11 bits per heavy atom. The summed E-state index contributed by atoms with van der Waals surface area (Å²) < 4.78 is 6.49. The molecule has 2 aliphatic heterocycles. The molecular weight excluding hydrogens is 354 g/mol. The van der Waals surface area contributed by atoms with Crippen LogP contribution in [0.2, 0.25) is 0 Å². The summed E-state index contributed by atoms with van der Waals surface area (Å²) in [5.41, 5.74) is 0.961. The number of carbonyl (C=O) groups excluding carboxylic acids is 2. The van der Waals surface area contributed by atoms with Crippen LogP contribution >= 0.6 is 0 Å². The first-order valence-electron chi connectivity index (χ1n) is 9.86. The average molecular weight is 386 g/mol. The molecule has 1 unspecified atom stereocenters. The molecule has 0 bridgehead atoms. The van der Waals surface area contributed by atoms with Crippen molar-refractivity contribution in [3.63, 3.8) is 0 Å². The fraction of sp³-hybridized carbons (Fsp3) is 0.455. The van der Waals surface area contributed by atoms with E-state index < -0.39 is 5.66 Å². The van der Waals surface area contributed by atoms with E-state index in [1.54, 1.807) is 14.0 Å². The van der Waals surface area contributed by atoms with Gasteiger partial charge in [-0.1, -0.05) is 44.2 Å². The number of amides is 2. The summed E-state index contributed by atoms with van der Waals surface area (Å²) in [7, 11) is 1.68. The number of benzene rings is 1. The second-order valence-electron chi connectivity index (χ2n) is 6.41. The van der Waals surface area contributed by atoms with Gasteiger partial charge in [-0.2, -0.15) is 0 Å². The lowest BCUT2D eigenvalue weighted by atomic mass is 9.94. The number of ether oxygens (including phenoxy) is 1. The predicted molar refractivity (Wildman–Crippen MR) is 110 cm³/mol. The highest BCUT2D eigenvalue weighted by atomic mass is 16.5. The number of methoxy groups -OCH3 is 1. The third kappa shape index (κ3) is 3.69. The maximum atomic E-state index is 12.9. The topological polar surface area (TPSA) is 54.8 Å². The van der Waals surface area contributed by atoms with Crippen molar-refractivity contribution in [3.8, 4) is 0 Å². The van der Waals surface area contributed by atoms with Gasteiger partial charge in [0.25, 0.3) is 5.91 Å². The van der Waals surface area contributed by atoms with Crippen molar-refractivity contribution >= 4 is 11.8 Å². The molecule has 2 aromatic rings. The van der Waals surface area contributed by atoms with Crippen LogP contribution in [0.3, 0.4) is 0 Å². The van der Waals surface area contributed by atoms with Crippen molar-refractivity contribution in [1.82, 2.24) is 14.4 Å². The molecule has 1 aromatic carbocycles. The van der Waals surface area contributed by atoms with Crippen molar-refractivity contribution in [3.05, 3.63) is 59.9 Å². The van der Waals surface area contributed by atoms with Gasteiger partial charge in [-0.05, 0) is 24.6 Å². The Balaban J connectivity index is 0.000000419. The number of fused-ring (bicyclic) bond motifs is 2. The van der Waals surface area contributed by atoms with Crippen LogP contribution < -0.4 is 0 Å². The molecule has 6 heteroatoms. The summed E-state index contributed by atoms with van der Waals surface area (Å²) in [4.78, 5) is 28.8. The van der Waals surface area contributed by atoms with Crippen LogP contribution in [0.15, 0.2) is 48.7 Å². The molecule has 0 saturated carbocycles. The van der Waals surface area contributed by atoms with Gasteiger partial charge in [0.15, 0.2) is 5.66 Å². The first-order valence-corrected chi connectivity index (χ1v) is 9.86. The molecule has 1 atom stereocenters. The molecular formula is C22H31N3O3. The summed E-state index contributed by atoms with van der Waals surface area (Å²) >= 11 is 0. The zero-order valence-electron chi connectivity index (χ0n) is 17.5. The highest BCUT2D eigenvalue weighted by Gasteiger charge is 2.55. The van der Waals surface area contributed by atoms with Gasteiger partial charge >= 0.3 is 0 Å². The van der Waals surface area contributed by atoms with E-state index in [9.17, 15) is 9.59 Å². The quantitative estimate of drug-likeness (QED) is 0.797. The fourth-order valence-corrected chi connectivity index (χ4v) is 3.80. The number of nitrogens with zero attached hydrogens (tertiary/aromatic N) is 3. The lowest BCUT2D eigenvalue weighted by Crippen LogP contribution is -2.59. The predicted octanol–water partition coefficient (Wildman–Crippen LogP) is 3.34. The van der Waals surface area contributed by atoms with Gasteiger partial charge in [-0.25, -0.2) is 0 Å². The van der Waals surface area contributed by atoms with Crippen molar-refractivity contribution in [1.29, 1.82) is 0 Å². The SMILES string of the molecule is CC.CC(=O)N1CCN2C(=O)c3cccn3CC12c1ccccc1.CCOC. The Morgan fingerprint density at radius 3 is 2.32 bits per heavy atom. The Labute approximate surface area is 167 Å². The molecule has 28 heavy (non-hydrogen) atoms. The maximum absolute atomic E-state index is 12.9. The second kappa shape index (κ2) is 9.55. The minimum absolute atomic E-state index is 0.00485. The molecule has 2 amide bonds. The fourth-order valence-electron chi connectivity index (χ4n) is 3.80. The van der Waals surface area contributed by atoms with E-state index in [-0.39, 0.29) is 11.8 Å². The smallest absolute Gasteiger partial charge is 0.272 e. The summed E-state index contributed by atoms with van der Waals surface area (Å²) in [5.74, 6) is -0.0152. The van der Waals surface area contributed by atoms with Gasteiger partial charge in [0, 0.05) is 39.9 Å². The average Bonchev–Trinajstić information content (AvgIpc) is 3.36. The Kier molecular flexibility index (Phi) is 7.40. The summed E-state index contributed by atoms with van der Waals surface area (Å²) in [5, 5.41) is 0. The third-order valence-corrected chi connectivity index (χ3v) is 5.03. The van der Waals surface area contributed by atoms with E-state index in [2.05, 4.69) is 4.74 Å². The molecule has 2 aliphatic rings. The van der Waals surface area contributed by atoms with E-state index in [0.717, 1.165) is 12.2 Å². The first kappa shape index (κ1) is 21.7. The molecule has 1 fully saturated rings. The van der Waals surface area contributed by atoms with Gasteiger partial charge in [-0.15, -0.1) is 0 Å². The van der Waals surface area contributed by atoms with Crippen LogP contribution in [0.4, 0.5) is 0 Å². The molecule has 0 N–H and O–H groups in total. The molecule has 0 aliphatic carbocycles. The number of carbonyl (C=O) groups is 2. The zero-order chi connectivity index (χ0) is 20.7. The van der Waals surface area contributed by atoms with Gasteiger partial charge in [0.2, 0.25) is 5.91 Å². The van der Waals surface area contributed by atoms with Crippen LogP contribution in [0, 0.1) is 0 Å². The zero-order valence-corrected chi connectivity index (χ0v) is 17.5. The Hall–Kier alpha value is -2.60. The van der Waals surface area contributed by atoms with Crippen LogP contribution in [0.1, 0.15) is 43.7 Å². The highest BCUT2D eigenvalue weighted by Crippen LogP contribution is 2.42. The van der Waals surface area contributed by atoms with E-state index in [1.165, 1.54) is 0 Å². The minimum Gasteiger partial charge on any atom is -0.385 e. The van der Waals surface area contributed by atoms with Crippen molar-refractivity contribution < 1.29 is 14.3 Å². The number of hydrogen-bond donors (Lipinski definition) is 0. The van der Waals surface area contributed by atoms with Crippen molar-refractivity contribution in [2.45, 2.75) is 39.9 Å². The van der Waals surface area contributed by atoms with Gasteiger partial charge in [-0.3, -0.25) is 9.59 Å². The molecule has 152 valence electrons. The van der Waals surface area contributed by atoms with Crippen LogP contribution in [0.5, 0.6) is 0 Å². The first-order chi connectivity index (χ1) is 13.6. The third-order valence-electron chi connectivity index (χ3n) is 5.03. The van der Waals surface area contributed by atoms with E-state index in [4.69, 9.17) is 0 Å². The summed E-state index contributed by atoms with van der Waals surface area (Å²) in [6.45, 7) is 10.1. The maximum Gasteiger partial charge on any atom is 0.272 e. The van der Waals surface area contributed by atoms with Gasteiger partial charge in [0.05, 0.1) is 6.54 Å².